The second-order valence-corrected chi connectivity index (χ2v) is 8.55. The SMILES string of the molecule is [Cl-].c1ccc(C[P+](Oc2ccccc2)(Oc2ccccc2)Oc2ccccc2)cc1. The fraction of sp³-hybridized carbons (Fsp3) is 0.0400. The van der Waals surface area contributed by atoms with E-state index in [1.165, 1.54) is 0 Å². The van der Waals surface area contributed by atoms with Crippen molar-refractivity contribution in [2.75, 3.05) is 0 Å². The molecule has 4 aromatic rings. The van der Waals surface area contributed by atoms with Gasteiger partial charge in [-0.05, 0) is 42.0 Å². The van der Waals surface area contributed by atoms with Crippen LogP contribution in [-0.4, -0.2) is 0 Å². The Labute approximate surface area is 184 Å². The monoisotopic (exact) mass is 436 g/mol. The lowest BCUT2D eigenvalue weighted by Crippen LogP contribution is -3.00. The van der Waals surface area contributed by atoms with Crippen molar-refractivity contribution in [2.24, 2.45) is 0 Å². The average Bonchev–Trinajstić information content (AvgIpc) is 2.76. The maximum absolute atomic E-state index is 6.48. The summed E-state index contributed by atoms with van der Waals surface area (Å²) in [5.74, 6) is 2.14. The van der Waals surface area contributed by atoms with Gasteiger partial charge in [0, 0.05) is 0 Å². The van der Waals surface area contributed by atoms with Gasteiger partial charge < -0.3 is 12.4 Å². The molecule has 0 spiro atoms. The molecule has 0 saturated heterocycles. The quantitative estimate of drug-likeness (QED) is 0.388. The molecule has 30 heavy (non-hydrogen) atoms. The second kappa shape index (κ2) is 10.7. The highest BCUT2D eigenvalue weighted by Gasteiger charge is 2.50. The first-order chi connectivity index (χ1) is 14.3. The van der Waals surface area contributed by atoms with Crippen molar-refractivity contribution in [3.63, 3.8) is 0 Å². The highest BCUT2D eigenvalue weighted by Crippen LogP contribution is 2.62. The van der Waals surface area contributed by atoms with Crippen molar-refractivity contribution in [3.8, 4) is 17.2 Å². The van der Waals surface area contributed by atoms with Crippen LogP contribution in [0, 0.1) is 0 Å². The second-order valence-electron chi connectivity index (χ2n) is 6.47. The van der Waals surface area contributed by atoms with Crippen molar-refractivity contribution >= 4 is 7.94 Å². The van der Waals surface area contributed by atoms with E-state index in [1.54, 1.807) is 0 Å². The molecule has 0 heterocycles. The normalized spacial score (nSPS) is 10.5. The maximum Gasteiger partial charge on any atom is 0.546 e. The van der Waals surface area contributed by atoms with Crippen LogP contribution in [0.4, 0.5) is 0 Å². The van der Waals surface area contributed by atoms with Gasteiger partial charge in [0.1, 0.15) is 0 Å². The molecule has 3 nitrogen and oxygen atoms in total. The predicted octanol–water partition coefficient (Wildman–Crippen LogP) is 4.19. The van der Waals surface area contributed by atoms with Gasteiger partial charge in [0.15, 0.2) is 23.4 Å². The Morgan fingerprint density at radius 3 is 1.07 bits per heavy atom. The topological polar surface area (TPSA) is 27.7 Å². The number of benzene rings is 4. The van der Waals surface area contributed by atoms with E-state index in [-0.39, 0.29) is 12.4 Å². The molecule has 0 saturated carbocycles. The number of rotatable bonds is 8. The van der Waals surface area contributed by atoms with Gasteiger partial charge in [-0.1, -0.05) is 84.9 Å². The van der Waals surface area contributed by atoms with E-state index in [4.69, 9.17) is 13.6 Å². The van der Waals surface area contributed by atoms with E-state index in [0.717, 1.165) is 5.56 Å². The Kier molecular flexibility index (Phi) is 7.73. The van der Waals surface area contributed by atoms with E-state index in [2.05, 4.69) is 12.1 Å². The zero-order valence-corrected chi connectivity index (χ0v) is 18.0. The predicted molar refractivity (Wildman–Crippen MR) is 118 cm³/mol. The minimum Gasteiger partial charge on any atom is -1.00 e. The third kappa shape index (κ3) is 6.00. The minimum absolute atomic E-state index is 0. The smallest absolute Gasteiger partial charge is 0.546 e. The van der Waals surface area contributed by atoms with Crippen LogP contribution in [0.25, 0.3) is 0 Å². The molecule has 0 N–H and O–H groups in total. The van der Waals surface area contributed by atoms with Crippen molar-refractivity contribution in [1.82, 2.24) is 0 Å². The van der Waals surface area contributed by atoms with E-state index >= 15 is 0 Å². The van der Waals surface area contributed by atoms with Crippen molar-refractivity contribution in [2.45, 2.75) is 6.16 Å². The summed E-state index contributed by atoms with van der Waals surface area (Å²) in [4.78, 5) is 0. The Bertz CT molecular complexity index is 828. The summed E-state index contributed by atoms with van der Waals surface area (Å²) in [6, 6.07) is 39.2. The van der Waals surface area contributed by atoms with Gasteiger partial charge in [-0.2, -0.15) is 0 Å². The number of para-hydroxylation sites is 3. The molecule has 0 fully saturated rings. The molecule has 0 radical (unpaired) electrons. The lowest BCUT2D eigenvalue weighted by Gasteiger charge is -2.23. The van der Waals surface area contributed by atoms with Crippen LogP contribution in [0.5, 0.6) is 17.2 Å². The summed E-state index contributed by atoms with van der Waals surface area (Å²) < 4.78 is 19.4. The molecule has 4 aromatic carbocycles. The summed E-state index contributed by atoms with van der Waals surface area (Å²) >= 11 is 0. The van der Waals surface area contributed by atoms with Crippen LogP contribution in [0.15, 0.2) is 121 Å². The first-order valence-corrected chi connectivity index (χ1v) is 11.2. The Hall–Kier alpha value is -3.00. The van der Waals surface area contributed by atoms with E-state index < -0.39 is 7.94 Å². The zero-order valence-electron chi connectivity index (χ0n) is 16.3. The van der Waals surface area contributed by atoms with Crippen LogP contribution >= 0.6 is 7.94 Å². The number of hydrogen-bond acceptors (Lipinski definition) is 3. The Morgan fingerprint density at radius 2 is 0.733 bits per heavy atom. The molecule has 0 aliphatic heterocycles. The van der Waals surface area contributed by atoms with Crippen LogP contribution in [0.2, 0.25) is 0 Å². The standard InChI is InChI=1S/C25H22O3P.ClH/c1-5-13-22(14-6-1)21-29(26-23-15-7-2-8-16-23,27-24-17-9-3-10-18-24)28-25-19-11-4-12-20-25;/h1-20H,21H2;1H/q+1;/p-1. The van der Waals surface area contributed by atoms with E-state index in [0.29, 0.717) is 23.4 Å². The molecule has 4 rings (SSSR count). The molecular formula is C25H22ClO3P. The number of halogens is 1. The summed E-state index contributed by atoms with van der Waals surface area (Å²) in [7, 11) is -2.88. The molecule has 152 valence electrons. The molecule has 0 amide bonds. The van der Waals surface area contributed by atoms with Crippen molar-refractivity contribution < 1.29 is 26.0 Å². The van der Waals surface area contributed by atoms with E-state index in [9.17, 15) is 0 Å². The first kappa shape index (κ1) is 21.7. The van der Waals surface area contributed by atoms with Crippen LogP contribution in [0.3, 0.4) is 0 Å². The maximum atomic E-state index is 6.48. The summed E-state index contributed by atoms with van der Waals surface area (Å²) in [6.07, 6.45) is 0.506. The first-order valence-electron chi connectivity index (χ1n) is 9.47. The average molecular weight is 437 g/mol. The van der Waals surface area contributed by atoms with Crippen molar-refractivity contribution in [3.05, 3.63) is 127 Å². The Balaban J connectivity index is 0.00000256. The number of hydrogen-bond donors (Lipinski definition) is 0. The van der Waals surface area contributed by atoms with E-state index in [1.807, 2.05) is 109 Å². The fourth-order valence-electron chi connectivity index (χ4n) is 2.89. The highest BCUT2D eigenvalue weighted by molar-refractivity contribution is 7.62. The molecule has 0 atom stereocenters. The lowest BCUT2D eigenvalue weighted by molar-refractivity contribution is -0.00000882. The molecule has 5 heteroatoms. The van der Waals surface area contributed by atoms with Gasteiger partial charge in [0.2, 0.25) is 0 Å². The summed E-state index contributed by atoms with van der Waals surface area (Å²) in [6.45, 7) is 0. The van der Waals surface area contributed by atoms with Gasteiger partial charge >= 0.3 is 7.94 Å². The molecule has 0 aliphatic carbocycles. The van der Waals surface area contributed by atoms with Crippen LogP contribution in [-0.2, 0) is 6.16 Å². The van der Waals surface area contributed by atoms with Gasteiger partial charge in [0.05, 0.1) is 0 Å². The summed E-state index contributed by atoms with van der Waals surface area (Å²) in [5, 5.41) is 0. The fourth-order valence-corrected chi connectivity index (χ4v) is 5.18. The van der Waals surface area contributed by atoms with Gasteiger partial charge in [0.25, 0.3) is 0 Å². The van der Waals surface area contributed by atoms with Gasteiger partial charge in [-0.25, -0.2) is 0 Å². The minimum atomic E-state index is -2.88. The molecule has 0 bridgehead atoms. The third-order valence-electron chi connectivity index (χ3n) is 4.18. The zero-order chi connectivity index (χ0) is 19.8. The van der Waals surface area contributed by atoms with Gasteiger partial charge in [-0.3, -0.25) is 13.6 Å². The molecule has 0 aliphatic rings. The molecular weight excluding hydrogens is 415 g/mol. The lowest BCUT2D eigenvalue weighted by atomic mass is 10.2. The van der Waals surface area contributed by atoms with Crippen LogP contribution < -0.4 is 26.0 Å². The largest absolute Gasteiger partial charge is 1.00 e. The third-order valence-corrected chi connectivity index (χ3v) is 6.40. The van der Waals surface area contributed by atoms with Crippen LogP contribution in [0.1, 0.15) is 5.56 Å². The van der Waals surface area contributed by atoms with Gasteiger partial charge in [-0.15, -0.1) is 0 Å². The summed E-state index contributed by atoms with van der Waals surface area (Å²) in [5.41, 5.74) is 1.09. The molecule has 0 unspecified atom stereocenters. The van der Waals surface area contributed by atoms with Crippen molar-refractivity contribution in [1.29, 1.82) is 0 Å². The Morgan fingerprint density at radius 1 is 0.433 bits per heavy atom. The highest BCUT2D eigenvalue weighted by atomic mass is 35.5. The molecule has 0 aromatic heterocycles.